The molecule has 3 nitrogen and oxygen atoms in total. The van der Waals surface area contributed by atoms with Crippen molar-refractivity contribution in [2.24, 2.45) is 0 Å². The minimum Gasteiger partial charge on any atom is -0.376 e. The van der Waals surface area contributed by atoms with Crippen molar-refractivity contribution in [1.29, 1.82) is 0 Å². The van der Waals surface area contributed by atoms with Gasteiger partial charge in [0, 0.05) is 12.7 Å². The van der Waals surface area contributed by atoms with E-state index < -0.39 is 0 Å². The highest BCUT2D eigenvalue weighted by Gasteiger charge is 1.94. The maximum Gasteiger partial charge on any atom is 0.211 e. The number of rotatable bonds is 4. The molecule has 0 spiro atoms. The summed E-state index contributed by atoms with van der Waals surface area (Å²) in [5.74, 6) is 0. The Morgan fingerprint density at radius 2 is 2.27 bits per heavy atom. The third-order valence-corrected chi connectivity index (χ3v) is 1.53. The molecule has 2 N–H and O–H groups in total. The summed E-state index contributed by atoms with van der Waals surface area (Å²) in [5, 5.41) is 5.38. The van der Waals surface area contributed by atoms with Gasteiger partial charge in [0.15, 0.2) is 0 Å². The molecule has 0 unspecified atom stereocenters. The molecule has 1 amide bonds. The van der Waals surface area contributed by atoms with E-state index in [0.29, 0.717) is 11.4 Å². The molecule has 0 aliphatic heterocycles. The summed E-state index contributed by atoms with van der Waals surface area (Å²) in [6.45, 7) is 4.60. The summed E-state index contributed by atoms with van der Waals surface area (Å²) in [5.41, 5.74) is 0.856. The molecule has 0 aromatic carbocycles. The van der Waals surface area contributed by atoms with Gasteiger partial charge < -0.3 is 10.6 Å². The fraction of sp³-hybridized carbons (Fsp3) is 0.429. The summed E-state index contributed by atoms with van der Waals surface area (Å²) in [7, 11) is 0. The standard InChI is InChI=1S/C7H12N2OS/c1-3-9-7(11)6(2)4-8-5-10/h4-5H,3H2,1-2H3,(H,8,10)(H,9,11)/b6-4-. The highest BCUT2D eigenvalue weighted by molar-refractivity contribution is 7.80. The Labute approximate surface area is 71.9 Å². The van der Waals surface area contributed by atoms with Gasteiger partial charge in [0.2, 0.25) is 6.41 Å². The number of likely N-dealkylation sites (N-methyl/N-ethyl adjacent to an activating group) is 1. The van der Waals surface area contributed by atoms with Gasteiger partial charge in [-0.25, -0.2) is 0 Å². The first-order valence-corrected chi connectivity index (χ1v) is 3.77. The summed E-state index contributed by atoms with van der Waals surface area (Å²) >= 11 is 4.95. The molecule has 0 aliphatic carbocycles. The van der Waals surface area contributed by atoms with Crippen molar-refractivity contribution in [3.8, 4) is 0 Å². The molecule has 0 radical (unpaired) electrons. The molecule has 0 heterocycles. The van der Waals surface area contributed by atoms with Crippen molar-refractivity contribution in [3.63, 3.8) is 0 Å². The predicted molar refractivity (Wildman–Crippen MR) is 49.2 cm³/mol. The van der Waals surface area contributed by atoms with Crippen molar-refractivity contribution in [2.75, 3.05) is 6.54 Å². The lowest BCUT2D eigenvalue weighted by Crippen LogP contribution is -2.22. The molecule has 0 aliphatic rings. The maximum absolute atomic E-state index is 9.87. The highest BCUT2D eigenvalue weighted by atomic mass is 32.1. The van der Waals surface area contributed by atoms with Crippen LogP contribution in [0.5, 0.6) is 0 Å². The van der Waals surface area contributed by atoms with Crippen LogP contribution in [0.2, 0.25) is 0 Å². The predicted octanol–water partition coefficient (Wildman–Crippen LogP) is 0.573. The third-order valence-electron chi connectivity index (χ3n) is 1.06. The summed E-state index contributed by atoms with van der Waals surface area (Å²) in [6, 6.07) is 0. The number of thiocarbonyl (C=S) groups is 1. The van der Waals surface area contributed by atoms with Crippen molar-refractivity contribution < 1.29 is 4.79 Å². The van der Waals surface area contributed by atoms with E-state index in [1.165, 1.54) is 0 Å². The Hall–Kier alpha value is -0.900. The van der Waals surface area contributed by atoms with Gasteiger partial charge in [0.05, 0.1) is 0 Å². The van der Waals surface area contributed by atoms with Crippen LogP contribution in [-0.4, -0.2) is 17.9 Å². The van der Waals surface area contributed by atoms with Gasteiger partial charge in [-0.15, -0.1) is 0 Å². The number of carbonyl (C=O) groups excluding carboxylic acids is 1. The van der Waals surface area contributed by atoms with E-state index in [9.17, 15) is 4.79 Å². The number of hydrogen-bond acceptors (Lipinski definition) is 2. The SMILES string of the molecule is CCNC(=S)/C(C)=C\NC=O. The molecule has 0 aromatic rings. The van der Waals surface area contributed by atoms with Crippen LogP contribution in [0.25, 0.3) is 0 Å². The van der Waals surface area contributed by atoms with Crippen LogP contribution < -0.4 is 10.6 Å². The lowest BCUT2D eigenvalue weighted by atomic mass is 10.3. The van der Waals surface area contributed by atoms with Gasteiger partial charge in [-0.1, -0.05) is 12.2 Å². The van der Waals surface area contributed by atoms with Crippen LogP contribution in [0.3, 0.4) is 0 Å². The maximum atomic E-state index is 9.87. The lowest BCUT2D eigenvalue weighted by Gasteiger charge is -2.03. The molecule has 0 rings (SSSR count). The average molecular weight is 172 g/mol. The first-order chi connectivity index (χ1) is 5.22. The van der Waals surface area contributed by atoms with E-state index in [0.717, 1.165) is 12.1 Å². The van der Waals surface area contributed by atoms with Crippen LogP contribution in [0.15, 0.2) is 11.8 Å². The summed E-state index contributed by atoms with van der Waals surface area (Å²) < 4.78 is 0. The fourth-order valence-corrected chi connectivity index (χ4v) is 0.728. The van der Waals surface area contributed by atoms with Crippen molar-refractivity contribution in [1.82, 2.24) is 10.6 Å². The van der Waals surface area contributed by atoms with E-state index in [2.05, 4.69) is 10.6 Å². The lowest BCUT2D eigenvalue weighted by molar-refractivity contribution is -0.108. The molecular formula is C7H12N2OS. The Balaban J connectivity index is 3.89. The second-order valence-corrected chi connectivity index (χ2v) is 2.38. The fourth-order valence-electron chi connectivity index (χ4n) is 0.525. The van der Waals surface area contributed by atoms with Crippen LogP contribution in [0, 0.1) is 0 Å². The largest absolute Gasteiger partial charge is 0.376 e. The Kier molecular flexibility index (Phi) is 5.37. The normalized spacial score (nSPS) is 10.5. The molecule has 0 fully saturated rings. The minimum absolute atomic E-state index is 0.609. The topological polar surface area (TPSA) is 41.1 Å². The zero-order valence-electron chi connectivity index (χ0n) is 6.68. The molecular weight excluding hydrogens is 160 g/mol. The van der Waals surface area contributed by atoms with E-state index in [1.807, 2.05) is 13.8 Å². The molecule has 0 saturated heterocycles. The zero-order valence-corrected chi connectivity index (χ0v) is 7.49. The number of carbonyl (C=O) groups is 1. The van der Waals surface area contributed by atoms with E-state index in [4.69, 9.17) is 12.2 Å². The number of amides is 1. The molecule has 0 aromatic heterocycles. The smallest absolute Gasteiger partial charge is 0.211 e. The Bertz CT molecular complexity index is 177. The average Bonchev–Trinajstić information content (AvgIpc) is 2.00. The second kappa shape index (κ2) is 5.85. The van der Waals surface area contributed by atoms with Gasteiger partial charge in [-0.3, -0.25) is 4.79 Å². The van der Waals surface area contributed by atoms with Gasteiger partial charge in [0.1, 0.15) is 4.99 Å². The van der Waals surface area contributed by atoms with Gasteiger partial charge >= 0.3 is 0 Å². The molecule has 0 saturated carbocycles. The minimum atomic E-state index is 0.609. The van der Waals surface area contributed by atoms with Crippen molar-refractivity contribution >= 4 is 23.6 Å². The third kappa shape index (κ3) is 4.50. The molecule has 0 bridgehead atoms. The first kappa shape index (κ1) is 10.1. The van der Waals surface area contributed by atoms with E-state index in [-0.39, 0.29) is 0 Å². The van der Waals surface area contributed by atoms with Crippen LogP contribution >= 0.6 is 12.2 Å². The highest BCUT2D eigenvalue weighted by Crippen LogP contribution is 1.91. The van der Waals surface area contributed by atoms with Gasteiger partial charge in [-0.2, -0.15) is 0 Å². The second-order valence-electron chi connectivity index (χ2n) is 1.97. The van der Waals surface area contributed by atoms with E-state index in [1.54, 1.807) is 6.20 Å². The van der Waals surface area contributed by atoms with E-state index >= 15 is 0 Å². The quantitative estimate of drug-likeness (QED) is 0.370. The monoisotopic (exact) mass is 172 g/mol. The molecule has 62 valence electrons. The molecule has 0 atom stereocenters. The van der Waals surface area contributed by atoms with Gasteiger partial charge in [-0.05, 0) is 19.4 Å². The summed E-state index contributed by atoms with van der Waals surface area (Å²) in [6.07, 6.45) is 2.18. The van der Waals surface area contributed by atoms with Crippen LogP contribution in [0.1, 0.15) is 13.8 Å². The molecule has 4 heteroatoms. The van der Waals surface area contributed by atoms with Crippen LogP contribution in [0.4, 0.5) is 0 Å². The Morgan fingerprint density at radius 3 is 2.73 bits per heavy atom. The van der Waals surface area contributed by atoms with Crippen LogP contribution in [-0.2, 0) is 4.79 Å². The first-order valence-electron chi connectivity index (χ1n) is 3.37. The Morgan fingerprint density at radius 1 is 1.64 bits per heavy atom. The van der Waals surface area contributed by atoms with Crippen molar-refractivity contribution in [3.05, 3.63) is 11.8 Å². The number of hydrogen-bond donors (Lipinski definition) is 2. The molecule has 11 heavy (non-hydrogen) atoms. The summed E-state index contributed by atoms with van der Waals surface area (Å²) in [4.78, 5) is 10.5. The van der Waals surface area contributed by atoms with Gasteiger partial charge in [0.25, 0.3) is 0 Å². The van der Waals surface area contributed by atoms with Crippen molar-refractivity contribution in [2.45, 2.75) is 13.8 Å². The zero-order chi connectivity index (χ0) is 8.69. The number of nitrogens with one attached hydrogen (secondary N) is 2.